The molecule has 0 amide bonds. The van der Waals surface area contributed by atoms with Gasteiger partial charge in [0.2, 0.25) is 0 Å². The van der Waals surface area contributed by atoms with Crippen LogP contribution in [0.15, 0.2) is 48.5 Å². The lowest BCUT2D eigenvalue weighted by atomic mass is 10.0. The van der Waals surface area contributed by atoms with Crippen LogP contribution in [0.5, 0.6) is 0 Å². The van der Waals surface area contributed by atoms with E-state index in [0.717, 1.165) is 42.5 Å². The van der Waals surface area contributed by atoms with E-state index in [-0.39, 0.29) is 24.6 Å². The number of aliphatic hydroxyl groups excluding tert-OH is 1. The van der Waals surface area contributed by atoms with Crippen molar-refractivity contribution in [2.24, 2.45) is 5.92 Å². The zero-order chi connectivity index (χ0) is 24.7. The van der Waals surface area contributed by atoms with Gasteiger partial charge in [0.15, 0.2) is 0 Å². The maximum absolute atomic E-state index is 13.9. The predicted octanol–water partition coefficient (Wildman–Crippen LogP) is 5.01. The number of carboxylic acid groups (broad SMARTS) is 1. The zero-order valence-corrected chi connectivity index (χ0v) is 20.3. The van der Waals surface area contributed by atoms with E-state index in [0.29, 0.717) is 12.1 Å². The van der Waals surface area contributed by atoms with Crippen LogP contribution in [0.25, 0.3) is 6.08 Å². The van der Waals surface area contributed by atoms with Gasteiger partial charge >= 0.3 is 5.97 Å². The minimum absolute atomic E-state index is 0.169. The van der Waals surface area contributed by atoms with Gasteiger partial charge in [0.05, 0.1) is 24.7 Å². The Balaban J connectivity index is 1.54. The van der Waals surface area contributed by atoms with Crippen molar-refractivity contribution in [2.75, 3.05) is 19.7 Å². The summed E-state index contributed by atoms with van der Waals surface area (Å²) >= 11 is 0. The van der Waals surface area contributed by atoms with Gasteiger partial charge in [-0.25, -0.2) is 4.39 Å². The molecule has 6 heteroatoms. The van der Waals surface area contributed by atoms with Gasteiger partial charge in [0.1, 0.15) is 5.82 Å². The Bertz CT molecular complexity index is 992. The molecule has 1 aliphatic rings. The third-order valence-corrected chi connectivity index (χ3v) is 6.58. The fourth-order valence-corrected chi connectivity index (χ4v) is 4.43. The molecule has 1 unspecified atom stereocenters. The second-order valence-corrected chi connectivity index (χ2v) is 9.32. The molecule has 3 rings (SSSR count). The Morgan fingerprint density at radius 2 is 2.03 bits per heavy atom. The molecule has 0 aliphatic carbocycles. The largest absolute Gasteiger partial charge is 0.481 e. The van der Waals surface area contributed by atoms with E-state index < -0.39 is 18.0 Å². The molecule has 5 nitrogen and oxygen atoms in total. The molecule has 1 fully saturated rings. The van der Waals surface area contributed by atoms with E-state index in [1.165, 1.54) is 0 Å². The van der Waals surface area contributed by atoms with Gasteiger partial charge < -0.3 is 14.9 Å². The first-order valence-corrected chi connectivity index (χ1v) is 12.0. The predicted molar refractivity (Wildman–Crippen MR) is 132 cm³/mol. The Morgan fingerprint density at radius 1 is 1.26 bits per heavy atom. The van der Waals surface area contributed by atoms with Gasteiger partial charge in [-0.1, -0.05) is 48.6 Å². The minimum Gasteiger partial charge on any atom is -0.481 e. The number of aliphatic hydroxyl groups is 1. The number of β-amino-alcohol motifs (C(OH)–C–C–N with tert-alkyl or cyclic N) is 1. The second kappa shape index (κ2) is 12.2. The molecule has 34 heavy (non-hydrogen) atoms. The number of carboxylic acids is 1. The first-order chi connectivity index (χ1) is 16.2. The molecule has 2 aromatic rings. The highest BCUT2D eigenvalue weighted by Gasteiger charge is 2.27. The molecule has 1 heterocycles. The summed E-state index contributed by atoms with van der Waals surface area (Å²) in [6.45, 7) is 6.98. The van der Waals surface area contributed by atoms with Crippen molar-refractivity contribution in [3.63, 3.8) is 0 Å². The minimum atomic E-state index is -0.867. The Labute approximate surface area is 201 Å². The summed E-state index contributed by atoms with van der Waals surface area (Å²) in [6.07, 6.45) is 5.47. The third kappa shape index (κ3) is 7.23. The summed E-state index contributed by atoms with van der Waals surface area (Å²) in [5, 5.41) is 19.8. The van der Waals surface area contributed by atoms with Crippen molar-refractivity contribution < 1.29 is 24.1 Å². The summed E-state index contributed by atoms with van der Waals surface area (Å²) in [5.41, 5.74) is 3.50. The third-order valence-electron chi connectivity index (χ3n) is 6.58. The molecular formula is C28H36FNO4. The fraction of sp³-hybridized carbons (Fsp3) is 0.464. The highest BCUT2D eigenvalue weighted by atomic mass is 19.1. The monoisotopic (exact) mass is 469 g/mol. The van der Waals surface area contributed by atoms with Crippen molar-refractivity contribution in [1.29, 1.82) is 0 Å². The number of hydrogen-bond acceptors (Lipinski definition) is 4. The van der Waals surface area contributed by atoms with Gasteiger partial charge in [0.25, 0.3) is 0 Å². The van der Waals surface area contributed by atoms with E-state index in [4.69, 9.17) is 9.84 Å². The number of aryl methyl sites for hydroxylation is 1. The standard InChI is InChI=1S/C28H36FNO4/c1-19-10-12-22(16-27(19)29)15-24-8-6-14-30(24)17-25(31)18-34-21(3)26-9-5-4-7-23(26)13-11-20(2)28(32)33/h4-5,7,9-13,16,20-21,24-25,31H,6,8,14-15,17-18H2,1-3H3,(H,32,33)/t20?,21-,24+,25-/m1/s1. The maximum atomic E-state index is 13.9. The van der Waals surface area contributed by atoms with Crippen LogP contribution in [-0.2, 0) is 16.0 Å². The van der Waals surface area contributed by atoms with Crippen molar-refractivity contribution in [2.45, 2.75) is 58.3 Å². The van der Waals surface area contributed by atoms with Crippen LogP contribution in [-0.4, -0.2) is 52.9 Å². The lowest BCUT2D eigenvalue weighted by Crippen LogP contribution is -2.39. The summed E-state index contributed by atoms with van der Waals surface area (Å²) in [6, 6.07) is 13.4. The van der Waals surface area contributed by atoms with E-state index in [2.05, 4.69) is 4.90 Å². The van der Waals surface area contributed by atoms with Crippen LogP contribution in [0.3, 0.4) is 0 Å². The van der Waals surface area contributed by atoms with Crippen LogP contribution in [0.1, 0.15) is 55.0 Å². The lowest BCUT2D eigenvalue weighted by molar-refractivity contribution is -0.139. The molecule has 0 aromatic heterocycles. The van der Waals surface area contributed by atoms with E-state index in [1.807, 2.05) is 49.4 Å². The summed E-state index contributed by atoms with van der Waals surface area (Å²) in [7, 11) is 0. The van der Waals surface area contributed by atoms with Crippen LogP contribution in [0.4, 0.5) is 4.39 Å². The molecule has 0 radical (unpaired) electrons. The molecule has 184 valence electrons. The van der Waals surface area contributed by atoms with Crippen LogP contribution in [0.2, 0.25) is 0 Å². The van der Waals surface area contributed by atoms with E-state index >= 15 is 0 Å². The quantitative estimate of drug-likeness (QED) is 0.484. The van der Waals surface area contributed by atoms with E-state index in [1.54, 1.807) is 26.0 Å². The molecule has 1 saturated heterocycles. The molecular weight excluding hydrogens is 433 g/mol. The van der Waals surface area contributed by atoms with Gasteiger partial charge in [-0.2, -0.15) is 0 Å². The Morgan fingerprint density at radius 3 is 2.76 bits per heavy atom. The lowest BCUT2D eigenvalue weighted by Gasteiger charge is -2.27. The van der Waals surface area contributed by atoms with Crippen molar-refractivity contribution >= 4 is 12.0 Å². The molecule has 0 bridgehead atoms. The van der Waals surface area contributed by atoms with Crippen LogP contribution in [0, 0.1) is 18.7 Å². The number of halogens is 1. The van der Waals surface area contributed by atoms with Crippen molar-refractivity contribution in [1.82, 2.24) is 4.90 Å². The second-order valence-electron chi connectivity index (χ2n) is 9.32. The van der Waals surface area contributed by atoms with Gasteiger partial charge in [-0.05, 0) is 74.9 Å². The normalized spacial score (nSPS) is 19.4. The number of likely N-dealkylation sites (tertiary alicyclic amines) is 1. The Hall–Kier alpha value is -2.54. The first-order valence-electron chi connectivity index (χ1n) is 12.0. The topological polar surface area (TPSA) is 70.0 Å². The smallest absolute Gasteiger partial charge is 0.310 e. The molecule has 0 saturated carbocycles. The van der Waals surface area contributed by atoms with E-state index in [9.17, 15) is 14.3 Å². The number of carbonyl (C=O) groups is 1. The highest BCUT2D eigenvalue weighted by Crippen LogP contribution is 2.25. The van der Waals surface area contributed by atoms with Crippen molar-refractivity contribution in [3.8, 4) is 0 Å². The summed E-state index contributed by atoms with van der Waals surface area (Å²) < 4.78 is 19.9. The fourth-order valence-electron chi connectivity index (χ4n) is 4.43. The molecule has 2 N–H and O–H groups in total. The van der Waals surface area contributed by atoms with Gasteiger partial charge in [-0.15, -0.1) is 0 Å². The summed E-state index contributed by atoms with van der Waals surface area (Å²) in [5.74, 6) is -1.61. The molecule has 2 aromatic carbocycles. The average molecular weight is 470 g/mol. The number of ether oxygens (including phenoxy) is 1. The molecule has 4 atom stereocenters. The van der Waals surface area contributed by atoms with Gasteiger partial charge in [-0.3, -0.25) is 9.69 Å². The maximum Gasteiger partial charge on any atom is 0.310 e. The Kier molecular flexibility index (Phi) is 9.39. The highest BCUT2D eigenvalue weighted by molar-refractivity contribution is 5.73. The SMILES string of the molecule is Cc1ccc(C[C@@H]2CCCN2C[C@@H](O)CO[C@H](C)c2ccccc2C=CC(C)C(=O)O)cc1F. The number of benzene rings is 2. The van der Waals surface area contributed by atoms with Gasteiger partial charge in [0, 0.05) is 12.6 Å². The number of rotatable bonds is 11. The summed E-state index contributed by atoms with van der Waals surface area (Å²) in [4.78, 5) is 13.4. The molecule has 0 spiro atoms. The number of aliphatic carboxylic acids is 1. The van der Waals surface area contributed by atoms with Crippen molar-refractivity contribution in [3.05, 3.63) is 76.6 Å². The van der Waals surface area contributed by atoms with Crippen LogP contribution < -0.4 is 0 Å². The number of hydrogen-bond donors (Lipinski definition) is 2. The zero-order valence-electron chi connectivity index (χ0n) is 20.3. The average Bonchev–Trinajstić information content (AvgIpc) is 3.24. The van der Waals surface area contributed by atoms with Crippen LogP contribution >= 0.6 is 0 Å². The first kappa shape index (κ1) is 26.1. The number of nitrogens with zero attached hydrogens (tertiary/aromatic N) is 1. The molecule has 1 aliphatic heterocycles.